The van der Waals surface area contributed by atoms with E-state index in [1.54, 1.807) is 68.1 Å². The van der Waals surface area contributed by atoms with Crippen molar-refractivity contribution in [2.75, 3.05) is 75.8 Å². The molecule has 93 heavy (non-hydrogen) atoms. The van der Waals surface area contributed by atoms with Gasteiger partial charge in [-0.1, -0.05) is 17.7 Å². The number of fused-ring (bicyclic) bond motifs is 4. The van der Waals surface area contributed by atoms with Crippen LogP contribution < -0.4 is 46.4 Å². The number of carboxylic acids is 4. The minimum Gasteiger partial charge on any atom is -0.490 e. The Balaban J connectivity index is 0.000000146. The van der Waals surface area contributed by atoms with Gasteiger partial charge in [0.25, 0.3) is 22.2 Å². The predicted octanol–water partition coefficient (Wildman–Crippen LogP) is 8.42. The van der Waals surface area contributed by atoms with Crippen LogP contribution in [-0.4, -0.2) is 144 Å². The number of aliphatic hydroxyl groups is 1. The van der Waals surface area contributed by atoms with E-state index in [1.165, 1.54) is 132 Å². The molecule has 0 aliphatic carbocycles. The molecule has 31 heteroatoms. The Hall–Kier alpha value is -11.0. The highest BCUT2D eigenvalue weighted by atomic mass is 32.1. The smallest absolute Gasteiger partial charge is 0.345 e. The van der Waals surface area contributed by atoms with Crippen molar-refractivity contribution < 1.29 is 67.4 Å². The second-order valence-electron chi connectivity index (χ2n) is 20.2. The number of nitrogens with zero attached hydrogens (tertiary/aromatic N) is 10. The molecule has 1 aliphatic rings. The molecule has 0 unspecified atom stereocenters. The Morgan fingerprint density at radius 3 is 1.39 bits per heavy atom. The first-order valence-corrected chi connectivity index (χ1v) is 30.1. The van der Waals surface area contributed by atoms with Crippen molar-refractivity contribution in [3.63, 3.8) is 0 Å². The zero-order chi connectivity index (χ0) is 67.3. The van der Waals surface area contributed by atoms with Crippen molar-refractivity contribution in [2.24, 2.45) is 0 Å². The number of aromatic nitrogens is 7. The Morgan fingerprint density at radius 1 is 0.570 bits per heavy atom. The summed E-state index contributed by atoms with van der Waals surface area (Å²) < 4.78 is 55.3. The van der Waals surface area contributed by atoms with Gasteiger partial charge in [-0.15, -0.1) is 34.0 Å². The molecule has 0 radical (unpaired) electrons. The number of thiazole rings is 3. The Kier molecular flexibility index (Phi) is 20.0. The van der Waals surface area contributed by atoms with E-state index in [2.05, 4.69) is 15.0 Å². The second-order valence-corrected chi connectivity index (χ2v) is 22.7. The number of aliphatic hydroxyl groups excluding tert-OH is 1. The zero-order valence-electron chi connectivity index (χ0n) is 49.7. The molecular weight excluding hydrogens is 1280 g/mol. The van der Waals surface area contributed by atoms with Crippen molar-refractivity contribution in [3.8, 4) is 34.4 Å². The number of aryl methyl sites for hydroxylation is 1. The number of anilines is 3. The monoisotopic (exact) mass is 1330 g/mol. The lowest BCUT2D eigenvalue weighted by atomic mass is 10.1. The first kappa shape index (κ1) is 66.4. The average Bonchev–Trinajstić information content (AvgIpc) is 1.76. The minimum absolute atomic E-state index is 0.0420. The molecule has 0 bridgehead atoms. The van der Waals surface area contributed by atoms with Crippen LogP contribution in [0.1, 0.15) is 53.9 Å². The summed E-state index contributed by atoms with van der Waals surface area (Å²) in [6.07, 6.45) is 0. The van der Waals surface area contributed by atoms with Gasteiger partial charge in [-0.05, 0) is 105 Å². The molecule has 0 spiro atoms. The molecule has 480 valence electrons. The van der Waals surface area contributed by atoms with Crippen LogP contribution in [0.5, 0.6) is 11.6 Å². The fourth-order valence-electron chi connectivity index (χ4n) is 9.83. The van der Waals surface area contributed by atoms with Crippen molar-refractivity contribution in [2.45, 2.75) is 13.8 Å². The van der Waals surface area contributed by atoms with Crippen LogP contribution >= 0.6 is 34.0 Å². The molecule has 0 atom stereocenters. The number of ether oxygens (including phenoxy) is 2. The highest BCUT2D eigenvalue weighted by Crippen LogP contribution is 2.36. The molecule has 0 saturated heterocycles. The number of pyridine rings is 4. The first-order valence-electron chi connectivity index (χ1n) is 27.5. The molecule has 12 rings (SSSR count). The maximum atomic E-state index is 13.1. The molecule has 8 heterocycles. The standard InChI is InChI=1S/C17H17N3O4S.C15H12FN3O3S.C15H11FN2O4S.C15H13FN2O4/c1-10-3-5-11(6-4-10)20-15(22)12(17(23)24)14(19(2)7-8-21)13-16(20)25-9-18-13;1-18(2)12-10(15(21)22)13(20)19(14-11(12)17-7-23-14)9-5-3-8(16)4-6-9;1-2-22-12-10(15(20)21)13(19)18(14-11(12)17-7-23-14)9-5-3-8(16)4-6-9;1-17-6-7-22-14-12(17)8-11(15(20)21)13(19)18(14)10-4-2-9(16)3-5-10/h3-6,9,21H,7-8H2,1-2H3,(H,23,24);3-7H,1-2H3,(H,21,22);3-7H,2H2,1H3,(H,20,21);2-5,8H,6-7H2,1H3,(H,20,21). The van der Waals surface area contributed by atoms with Crippen molar-refractivity contribution in [1.29, 1.82) is 0 Å². The van der Waals surface area contributed by atoms with Gasteiger partial charge in [0.05, 0.1) is 76.1 Å². The van der Waals surface area contributed by atoms with Crippen molar-refractivity contribution in [1.82, 2.24) is 33.2 Å². The lowest BCUT2D eigenvalue weighted by Crippen LogP contribution is -2.35. The van der Waals surface area contributed by atoms with Crippen molar-refractivity contribution >= 4 is 106 Å². The third kappa shape index (κ3) is 13.3. The number of likely N-dealkylation sites (N-methyl/N-ethyl adjacent to an activating group) is 2. The summed E-state index contributed by atoms with van der Waals surface area (Å²) in [6.45, 7) is 4.81. The van der Waals surface area contributed by atoms with Gasteiger partial charge in [0.1, 0.15) is 60.7 Å². The average molecular weight is 1330 g/mol. The molecule has 0 saturated carbocycles. The summed E-state index contributed by atoms with van der Waals surface area (Å²) in [7, 11) is 6.73. The van der Waals surface area contributed by atoms with Gasteiger partial charge in [-0.25, -0.2) is 51.9 Å². The predicted molar refractivity (Wildman–Crippen MR) is 345 cm³/mol. The van der Waals surface area contributed by atoms with E-state index in [1.807, 2.05) is 24.0 Å². The Morgan fingerprint density at radius 2 is 0.968 bits per heavy atom. The van der Waals surface area contributed by atoms with Gasteiger partial charge in [0, 0.05) is 34.7 Å². The number of hydrogen-bond donors (Lipinski definition) is 5. The van der Waals surface area contributed by atoms with Crippen LogP contribution in [0.2, 0.25) is 0 Å². The molecular formula is C62H53F3N10O15S3. The molecule has 1 aliphatic heterocycles. The maximum Gasteiger partial charge on any atom is 0.345 e. The minimum atomic E-state index is -1.40. The Labute approximate surface area is 534 Å². The normalized spacial score (nSPS) is 11.5. The van der Waals surface area contributed by atoms with Gasteiger partial charge in [-0.2, -0.15) is 0 Å². The zero-order valence-corrected chi connectivity index (χ0v) is 52.2. The summed E-state index contributed by atoms with van der Waals surface area (Å²) in [5.41, 5.74) is 5.15. The van der Waals surface area contributed by atoms with E-state index >= 15 is 0 Å². The van der Waals surface area contributed by atoms with Crippen LogP contribution in [0.4, 0.5) is 30.2 Å². The molecule has 11 aromatic rings. The molecule has 4 aromatic carbocycles. The molecule has 25 nitrogen and oxygen atoms in total. The van der Waals surface area contributed by atoms with E-state index < -0.39 is 69.1 Å². The van der Waals surface area contributed by atoms with Gasteiger partial charge < -0.3 is 49.7 Å². The molecule has 5 N–H and O–H groups in total. The van der Waals surface area contributed by atoms with Crippen LogP contribution in [-0.2, 0) is 0 Å². The fraction of sp³-hybridized carbons (Fsp3) is 0.177. The first-order chi connectivity index (χ1) is 44.4. The van der Waals surface area contributed by atoms with Gasteiger partial charge in [0.15, 0.2) is 22.4 Å². The van der Waals surface area contributed by atoms with E-state index in [0.717, 1.165) is 10.1 Å². The third-order valence-corrected chi connectivity index (χ3v) is 16.5. The van der Waals surface area contributed by atoms with Crippen LogP contribution in [0.15, 0.2) is 139 Å². The number of rotatable bonds is 14. The molecule has 0 fully saturated rings. The number of hydrogen-bond acceptors (Lipinski definition) is 20. The lowest BCUT2D eigenvalue weighted by Gasteiger charge is -2.29. The summed E-state index contributed by atoms with van der Waals surface area (Å²) in [6, 6.07) is 24.3. The van der Waals surface area contributed by atoms with Crippen LogP contribution in [0.25, 0.3) is 53.8 Å². The van der Waals surface area contributed by atoms with E-state index in [4.69, 9.17) is 9.47 Å². The molecule has 0 amide bonds. The number of halogens is 3. The van der Waals surface area contributed by atoms with E-state index in [9.17, 15) is 77.1 Å². The van der Waals surface area contributed by atoms with Crippen LogP contribution in [0, 0.1) is 24.4 Å². The van der Waals surface area contributed by atoms with Crippen LogP contribution in [0.3, 0.4) is 0 Å². The van der Waals surface area contributed by atoms with E-state index in [-0.39, 0.29) is 65.0 Å². The topological polar surface area (TPSA) is 324 Å². The van der Waals surface area contributed by atoms with Gasteiger partial charge in [0.2, 0.25) is 5.88 Å². The summed E-state index contributed by atoms with van der Waals surface area (Å²) in [5.74, 6) is -6.48. The summed E-state index contributed by atoms with van der Waals surface area (Å²) in [5, 5.41) is 47.0. The van der Waals surface area contributed by atoms with Gasteiger partial charge in [-0.3, -0.25) is 32.9 Å². The fourth-order valence-corrected chi connectivity index (χ4v) is 12.3. The number of carbonyl (C=O) groups is 4. The number of benzene rings is 4. The number of carboxylic acid groups (broad SMARTS) is 4. The quantitative estimate of drug-likeness (QED) is 0.0682. The summed E-state index contributed by atoms with van der Waals surface area (Å²) >= 11 is 3.66. The lowest BCUT2D eigenvalue weighted by molar-refractivity contribution is 0.0680. The number of aromatic carboxylic acids is 4. The maximum absolute atomic E-state index is 13.1. The van der Waals surface area contributed by atoms with Gasteiger partial charge >= 0.3 is 23.9 Å². The van der Waals surface area contributed by atoms with E-state index in [0.29, 0.717) is 67.1 Å². The third-order valence-electron chi connectivity index (χ3n) is 14.1. The Bertz CT molecular complexity index is 4930. The largest absolute Gasteiger partial charge is 0.490 e. The highest BCUT2D eigenvalue weighted by Gasteiger charge is 2.30. The van der Waals surface area contributed by atoms with Crippen molar-refractivity contribution in [3.05, 3.63) is 206 Å². The highest BCUT2D eigenvalue weighted by molar-refractivity contribution is 7.17. The SMILES string of the molecule is CCOc1c(C(=O)O)c(=O)n(-c2ccc(F)cc2)c2scnc12.CN(C)c1c(C(=O)O)c(=O)n(-c2ccc(F)cc2)c2scnc12.CN1CCOc2c1cc(C(=O)O)c(=O)n2-c1ccc(F)cc1.Cc1ccc(-n2c(=O)c(C(=O)O)c(N(C)CCO)c3ncsc32)cc1. The molecule has 7 aromatic heterocycles. The summed E-state index contributed by atoms with van der Waals surface area (Å²) in [4.78, 5) is 116. The second kappa shape index (κ2) is 28.0.